The van der Waals surface area contributed by atoms with E-state index in [2.05, 4.69) is 23.2 Å². The number of carbonyl (C=O) groups excluding carboxylic acids is 1. The molecule has 2 aromatic carbocycles. The number of benzene rings is 2. The van der Waals surface area contributed by atoms with Gasteiger partial charge in [-0.3, -0.25) is 4.79 Å². The molecule has 0 bridgehead atoms. The van der Waals surface area contributed by atoms with E-state index in [1.165, 1.54) is 12.5 Å². The Bertz CT molecular complexity index is 980. The maximum atomic E-state index is 12.3. The van der Waals surface area contributed by atoms with Crippen LogP contribution in [0.2, 0.25) is 0 Å². The second-order valence-corrected chi connectivity index (χ2v) is 7.50. The molecule has 1 amide bonds. The summed E-state index contributed by atoms with van der Waals surface area (Å²) >= 11 is 0. The molecule has 1 saturated heterocycles. The van der Waals surface area contributed by atoms with Crippen LogP contribution in [0.1, 0.15) is 25.3 Å². The molecule has 7 nitrogen and oxygen atoms in total. The van der Waals surface area contributed by atoms with Gasteiger partial charge in [-0.15, -0.1) is 0 Å². The molecule has 1 heterocycles. The first-order valence-corrected chi connectivity index (χ1v) is 10.1. The van der Waals surface area contributed by atoms with Crippen LogP contribution in [0.5, 0.6) is 0 Å². The molecule has 2 aromatic rings. The summed E-state index contributed by atoms with van der Waals surface area (Å²) in [4.78, 5) is 14.7. The van der Waals surface area contributed by atoms with Crippen LogP contribution in [0.3, 0.4) is 0 Å². The highest BCUT2D eigenvalue weighted by atomic mass is 16.4. The third kappa shape index (κ3) is 4.62. The second kappa shape index (κ2) is 9.72. The van der Waals surface area contributed by atoms with Crippen molar-refractivity contribution in [3.05, 3.63) is 47.5 Å². The van der Waals surface area contributed by atoms with Gasteiger partial charge in [0.25, 0.3) is 5.91 Å². The predicted octanol–water partition coefficient (Wildman–Crippen LogP) is 1.57. The van der Waals surface area contributed by atoms with E-state index >= 15 is 0 Å². The molecule has 3 unspecified atom stereocenters. The number of anilines is 1. The van der Waals surface area contributed by atoms with Gasteiger partial charge in [-0.2, -0.15) is 5.26 Å². The summed E-state index contributed by atoms with van der Waals surface area (Å²) in [5.74, 6) is -0.649. The Morgan fingerprint density at radius 1 is 1.33 bits per heavy atom. The summed E-state index contributed by atoms with van der Waals surface area (Å²) in [6.07, 6.45) is 1.11. The van der Waals surface area contributed by atoms with Crippen molar-refractivity contribution < 1.29 is 20.1 Å². The maximum absolute atomic E-state index is 12.3. The minimum absolute atomic E-state index is 0.104. The average molecular weight is 409 g/mol. The van der Waals surface area contributed by atoms with Crippen LogP contribution in [0.15, 0.2) is 42.0 Å². The first-order valence-electron chi connectivity index (χ1n) is 10.1. The second-order valence-electron chi connectivity index (χ2n) is 7.50. The summed E-state index contributed by atoms with van der Waals surface area (Å²) in [5.41, 5.74) is 1.78. The Balaban J connectivity index is 1.83. The summed E-state index contributed by atoms with van der Waals surface area (Å²) < 4.78 is 0. The molecule has 1 fully saturated rings. The zero-order valence-electron chi connectivity index (χ0n) is 17.0. The number of nitrogens with zero attached hydrogens (tertiary/aromatic N) is 2. The minimum atomic E-state index is -1.35. The number of carbonyl (C=O) groups is 1. The molecule has 0 spiro atoms. The van der Waals surface area contributed by atoms with E-state index in [1.807, 2.05) is 36.4 Å². The number of amides is 1. The predicted molar refractivity (Wildman–Crippen MR) is 116 cm³/mol. The van der Waals surface area contributed by atoms with Crippen LogP contribution in [0.4, 0.5) is 5.69 Å². The number of nitriles is 1. The molecule has 4 N–H and O–H groups in total. The third-order valence-electron chi connectivity index (χ3n) is 5.59. The van der Waals surface area contributed by atoms with E-state index in [9.17, 15) is 20.3 Å². The average Bonchev–Trinajstić information content (AvgIpc) is 2.74. The smallest absolute Gasteiger partial charge is 0.262 e. The standard InChI is InChI=1S/C23H27N3O4/c1-2-18-8-9-26(18)20-5-3-4-16-7-6-15(11-19(16)20)10-17(12-24)23(30)25-13-21(28)22(29)14-27/h3-7,10-11,18,21-22,27-29H,2,8-9,13-14H2,1H3,(H,25,30)/b17-10+. The Kier molecular flexibility index (Phi) is 7.06. The topological polar surface area (TPSA) is 117 Å². The Hall–Kier alpha value is -2.92. The van der Waals surface area contributed by atoms with Gasteiger partial charge in [0, 0.05) is 30.2 Å². The normalized spacial score (nSPS) is 18.4. The number of hydrogen-bond donors (Lipinski definition) is 4. The fourth-order valence-electron chi connectivity index (χ4n) is 3.66. The van der Waals surface area contributed by atoms with E-state index < -0.39 is 24.7 Å². The van der Waals surface area contributed by atoms with Crippen molar-refractivity contribution in [1.82, 2.24) is 5.32 Å². The van der Waals surface area contributed by atoms with Crippen molar-refractivity contribution in [2.75, 3.05) is 24.6 Å². The van der Waals surface area contributed by atoms with Crippen molar-refractivity contribution >= 4 is 28.4 Å². The lowest BCUT2D eigenvalue weighted by molar-refractivity contribution is -0.118. The first-order chi connectivity index (χ1) is 14.5. The van der Waals surface area contributed by atoms with Gasteiger partial charge in [0.2, 0.25) is 0 Å². The van der Waals surface area contributed by atoms with Crippen LogP contribution in [-0.4, -0.2) is 59.2 Å². The molecule has 30 heavy (non-hydrogen) atoms. The van der Waals surface area contributed by atoms with Crippen molar-refractivity contribution in [3.8, 4) is 6.07 Å². The highest BCUT2D eigenvalue weighted by molar-refractivity contribution is 6.03. The third-order valence-corrected chi connectivity index (χ3v) is 5.59. The number of nitrogens with one attached hydrogen (secondary N) is 1. The van der Waals surface area contributed by atoms with Gasteiger partial charge in [0.05, 0.1) is 12.7 Å². The Labute approximate surface area is 175 Å². The molecular formula is C23H27N3O4. The molecular weight excluding hydrogens is 382 g/mol. The monoisotopic (exact) mass is 409 g/mol. The van der Waals surface area contributed by atoms with Gasteiger partial charge in [0.15, 0.2) is 0 Å². The largest absolute Gasteiger partial charge is 0.394 e. The lowest BCUT2D eigenvalue weighted by Gasteiger charge is -2.43. The molecule has 0 radical (unpaired) electrons. The van der Waals surface area contributed by atoms with Crippen LogP contribution in [-0.2, 0) is 4.79 Å². The molecule has 3 atom stereocenters. The molecule has 0 aromatic heterocycles. The molecule has 158 valence electrons. The van der Waals surface area contributed by atoms with E-state index in [0.29, 0.717) is 6.04 Å². The van der Waals surface area contributed by atoms with Crippen LogP contribution in [0, 0.1) is 11.3 Å². The van der Waals surface area contributed by atoms with E-state index in [0.717, 1.165) is 35.0 Å². The zero-order valence-corrected chi connectivity index (χ0v) is 17.0. The number of rotatable bonds is 8. The van der Waals surface area contributed by atoms with Crippen molar-refractivity contribution in [2.45, 2.75) is 38.0 Å². The van der Waals surface area contributed by atoms with Gasteiger partial charge < -0.3 is 25.5 Å². The first kappa shape index (κ1) is 21.8. The summed E-state index contributed by atoms with van der Waals surface area (Å²) in [7, 11) is 0. The van der Waals surface area contributed by atoms with Crippen molar-refractivity contribution in [2.24, 2.45) is 0 Å². The number of aliphatic hydroxyl groups excluding tert-OH is 3. The molecule has 0 saturated carbocycles. The van der Waals surface area contributed by atoms with E-state index in [-0.39, 0.29) is 12.1 Å². The van der Waals surface area contributed by atoms with Gasteiger partial charge in [0.1, 0.15) is 17.7 Å². The minimum Gasteiger partial charge on any atom is -0.394 e. The number of hydrogen-bond acceptors (Lipinski definition) is 6. The Morgan fingerprint density at radius 3 is 2.77 bits per heavy atom. The SMILES string of the molecule is CCC1CCN1c1cccc2ccc(/C=C(\C#N)C(=O)NCC(O)C(O)CO)cc12. The molecule has 1 aliphatic heterocycles. The highest BCUT2D eigenvalue weighted by Gasteiger charge is 2.27. The molecule has 3 rings (SSSR count). The molecule has 1 aliphatic rings. The van der Waals surface area contributed by atoms with Crippen LogP contribution < -0.4 is 10.2 Å². The van der Waals surface area contributed by atoms with Gasteiger partial charge in [-0.05, 0) is 42.0 Å². The van der Waals surface area contributed by atoms with Crippen LogP contribution in [0.25, 0.3) is 16.8 Å². The van der Waals surface area contributed by atoms with E-state index in [4.69, 9.17) is 5.11 Å². The molecule has 0 aliphatic carbocycles. The Morgan fingerprint density at radius 2 is 2.13 bits per heavy atom. The quantitative estimate of drug-likeness (QED) is 0.388. The maximum Gasteiger partial charge on any atom is 0.262 e. The highest BCUT2D eigenvalue weighted by Crippen LogP contribution is 2.34. The number of fused-ring (bicyclic) bond motifs is 1. The van der Waals surface area contributed by atoms with E-state index in [1.54, 1.807) is 0 Å². The summed E-state index contributed by atoms with van der Waals surface area (Å²) in [6, 6.07) is 14.4. The number of aliphatic hydroxyl groups is 3. The fraction of sp³-hybridized carbons (Fsp3) is 0.391. The summed E-state index contributed by atoms with van der Waals surface area (Å²) in [6.45, 7) is 2.32. The van der Waals surface area contributed by atoms with Gasteiger partial charge in [-0.25, -0.2) is 0 Å². The van der Waals surface area contributed by atoms with Gasteiger partial charge >= 0.3 is 0 Å². The lowest BCUT2D eigenvalue weighted by atomic mass is 9.96. The van der Waals surface area contributed by atoms with Gasteiger partial charge in [-0.1, -0.05) is 31.2 Å². The van der Waals surface area contributed by atoms with Crippen molar-refractivity contribution in [3.63, 3.8) is 0 Å². The van der Waals surface area contributed by atoms with Crippen molar-refractivity contribution in [1.29, 1.82) is 5.26 Å². The molecule has 7 heteroatoms. The van der Waals surface area contributed by atoms with Crippen LogP contribution >= 0.6 is 0 Å². The fourth-order valence-corrected chi connectivity index (χ4v) is 3.66. The lowest BCUT2D eigenvalue weighted by Crippen LogP contribution is -2.47. The zero-order chi connectivity index (χ0) is 21.7. The summed E-state index contributed by atoms with van der Waals surface area (Å²) in [5, 5.41) is 41.8.